The highest BCUT2D eigenvalue weighted by atomic mass is 16.1. The lowest BCUT2D eigenvalue weighted by molar-refractivity contribution is 0.111. The Labute approximate surface area is 107 Å². The van der Waals surface area contributed by atoms with Crippen LogP contribution in [0.2, 0.25) is 0 Å². The lowest BCUT2D eigenvalue weighted by atomic mass is 10.0. The molecule has 0 aliphatic heterocycles. The Bertz CT molecular complexity index is 515. The van der Waals surface area contributed by atoms with Crippen LogP contribution in [0.5, 0.6) is 0 Å². The largest absolute Gasteiger partial charge is 0.296 e. The molecule has 0 amide bonds. The number of rotatable bonds is 4. The van der Waals surface area contributed by atoms with E-state index in [4.69, 9.17) is 0 Å². The zero-order valence-corrected chi connectivity index (χ0v) is 10.6. The Morgan fingerprint density at radius 3 is 2.28 bits per heavy atom. The van der Waals surface area contributed by atoms with Gasteiger partial charge >= 0.3 is 0 Å². The van der Waals surface area contributed by atoms with E-state index < -0.39 is 0 Å². The molecule has 0 atom stereocenters. The highest BCUT2D eigenvalue weighted by Crippen LogP contribution is 2.18. The minimum absolute atomic E-state index is 0.357. The van der Waals surface area contributed by atoms with Gasteiger partial charge in [0.05, 0.1) is 5.69 Å². The van der Waals surface area contributed by atoms with Crippen molar-refractivity contribution in [1.82, 2.24) is 10.2 Å². The van der Waals surface area contributed by atoms with Crippen LogP contribution in [0, 0.1) is 5.92 Å². The van der Waals surface area contributed by atoms with E-state index in [1.54, 1.807) is 6.07 Å². The predicted octanol–water partition coefficient (Wildman–Crippen LogP) is 3.15. The van der Waals surface area contributed by atoms with Crippen LogP contribution in [0.4, 0.5) is 0 Å². The molecule has 0 saturated carbocycles. The van der Waals surface area contributed by atoms with Crippen molar-refractivity contribution in [3.63, 3.8) is 0 Å². The van der Waals surface area contributed by atoms with Gasteiger partial charge in [0.2, 0.25) is 0 Å². The van der Waals surface area contributed by atoms with E-state index in [-0.39, 0.29) is 0 Å². The number of carbonyl (C=O) groups excluding carboxylic acids is 1. The van der Waals surface area contributed by atoms with Crippen molar-refractivity contribution in [3.8, 4) is 11.3 Å². The third-order valence-electron chi connectivity index (χ3n) is 2.70. The molecule has 3 nitrogen and oxygen atoms in total. The normalized spacial score (nSPS) is 10.6. The molecule has 0 fully saturated rings. The second-order valence-electron chi connectivity index (χ2n) is 4.76. The van der Waals surface area contributed by atoms with E-state index in [2.05, 4.69) is 36.2 Å². The average molecular weight is 240 g/mol. The summed E-state index contributed by atoms with van der Waals surface area (Å²) in [5, 5.41) is 7.86. The van der Waals surface area contributed by atoms with Gasteiger partial charge in [0.1, 0.15) is 5.69 Å². The number of aromatic nitrogens is 2. The van der Waals surface area contributed by atoms with Gasteiger partial charge in [-0.25, -0.2) is 0 Å². The van der Waals surface area contributed by atoms with Crippen LogP contribution in [-0.4, -0.2) is 16.5 Å². The van der Waals surface area contributed by atoms with Crippen LogP contribution in [0.25, 0.3) is 11.3 Å². The lowest BCUT2D eigenvalue weighted by Crippen LogP contribution is -1.95. The van der Waals surface area contributed by atoms with Crippen molar-refractivity contribution >= 4 is 6.29 Å². The average Bonchev–Trinajstić information content (AvgIpc) is 2.39. The number of hydrogen-bond acceptors (Lipinski definition) is 3. The molecule has 0 N–H and O–H groups in total. The summed E-state index contributed by atoms with van der Waals surface area (Å²) in [6, 6.07) is 11.8. The fourth-order valence-corrected chi connectivity index (χ4v) is 1.84. The maximum absolute atomic E-state index is 10.5. The van der Waals surface area contributed by atoms with E-state index in [0.717, 1.165) is 17.7 Å². The molecule has 2 rings (SSSR count). The summed E-state index contributed by atoms with van der Waals surface area (Å²) >= 11 is 0. The highest BCUT2D eigenvalue weighted by molar-refractivity contribution is 5.72. The van der Waals surface area contributed by atoms with E-state index in [9.17, 15) is 4.79 Å². The maximum Gasteiger partial charge on any atom is 0.170 e. The van der Waals surface area contributed by atoms with Crippen molar-refractivity contribution < 1.29 is 4.79 Å². The summed E-state index contributed by atoms with van der Waals surface area (Å²) < 4.78 is 0. The highest BCUT2D eigenvalue weighted by Gasteiger charge is 2.02. The van der Waals surface area contributed by atoms with Crippen LogP contribution in [0.3, 0.4) is 0 Å². The molecule has 1 heterocycles. The zero-order valence-electron chi connectivity index (χ0n) is 10.6. The molecule has 0 spiro atoms. The smallest absolute Gasteiger partial charge is 0.170 e. The van der Waals surface area contributed by atoms with Gasteiger partial charge in [-0.3, -0.25) is 4.79 Å². The Morgan fingerprint density at radius 2 is 1.78 bits per heavy atom. The van der Waals surface area contributed by atoms with Crippen LogP contribution >= 0.6 is 0 Å². The van der Waals surface area contributed by atoms with Crippen LogP contribution in [0.15, 0.2) is 36.4 Å². The van der Waals surface area contributed by atoms with Gasteiger partial charge in [0.15, 0.2) is 6.29 Å². The first-order valence-electron chi connectivity index (χ1n) is 6.07. The van der Waals surface area contributed by atoms with E-state index in [1.165, 1.54) is 5.56 Å². The minimum Gasteiger partial charge on any atom is -0.296 e. The van der Waals surface area contributed by atoms with Gasteiger partial charge in [-0.1, -0.05) is 38.1 Å². The summed E-state index contributed by atoms with van der Waals surface area (Å²) in [5.41, 5.74) is 3.49. The van der Waals surface area contributed by atoms with Gasteiger partial charge in [0.25, 0.3) is 0 Å². The molecular weight excluding hydrogens is 224 g/mol. The summed E-state index contributed by atoms with van der Waals surface area (Å²) in [7, 11) is 0. The first-order valence-corrected chi connectivity index (χ1v) is 6.07. The molecule has 1 aromatic carbocycles. The summed E-state index contributed by atoms with van der Waals surface area (Å²) in [5.74, 6) is 0.655. The number of benzene rings is 1. The van der Waals surface area contributed by atoms with Crippen molar-refractivity contribution in [2.45, 2.75) is 20.3 Å². The fraction of sp³-hybridized carbons (Fsp3) is 0.267. The van der Waals surface area contributed by atoms with Crippen molar-refractivity contribution in [3.05, 3.63) is 47.7 Å². The number of hydrogen-bond donors (Lipinski definition) is 0. The van der Waals surface area contributed by atoms with Crippen LogP contribution < -0.4 is 0 Å². The lowest BCUT2D eigenvalue weighted by Gasteiger charge is -2.06. The Balaban J connectivity index is 2.20. The molecule has 0 radical (unpaired) electrons. The number of aldehydes is 1. The van der Waals surface area contributed by atoms with Crippen molar-refractivity contribution in [2.24, 2.45) is 5.92 Å². The molecular formula is C15H16N2O. The van der Waals surface area contributed by atoms with Gasteiger partial charge in [-0.2, -0.15) is 0 Å². The standard InChI is InChI=1S/C15H16N2O/c1-11(2)9-12-3-5-13(6-4-12)15-8-7-14(10-18)16-17-15/h3-8,10-11H,9H2,1-2H3. The maximum atomic E-state index is 10.5. The van der Waals surface area contributed by atoms with E-state index >= 15 is 0 Å². The Morgan fingerprint density at radius 1 is 1.06 bits per heavy atom. The molecule has 2 aromatic rings. The van der Waals surface area contributed by atoms with Crippen molar-refractivity contribution in [1.29, 1.82) is 0 Å². The van der Waals surface area contributed by atoms with Gasteiger partial charge in [-0.05, 0) is 30.0 Å². The van der Waals surface area contributed by atoms with Gasteiger partial charge in [0, 0.05) is 5.56 Å². The molecule has 92 valence electrons. The summed E-state index contributed by atoms with van der Waals surface area (Å²) in [4.78, 5) is 10.5. The molecule has 0 saturated heterocycles. The molecule has 0 aliphatic carbocycles. The van der Waals surface area contributed by atoms with Gasteiger partial charge < -0.3 is 0 Å². The van der Waals surface area contributed by atoms with E-state index in [0.29, 0.717) is 17.9 Å². The second-order valence-corrected chi connectivity index (χ2v) is 4.76. The molecule has 1 aromatic heterocycles. The Kier molecular flexibility index (Phi) is 3.82. The molecule has 0 aliphatic rings. The van der Waals surface area contributed by atoms with Gasteiger partial charge in [-0.15, -0.1) is 10.2 Å². The monoisotopic (exact) mass is 240 g/mol. The first kappa shape index (κ1) is 12.4. The molecule has 3 heteroatoms. The molecule has 0 bridgehead atoms. The van der Waals surface area contributed by atoms with Crippen molar-refractivity contribution in [2.75, 3.05) is 0 Å². The summed E-state index contributed by atoms with van der Waals surface area (Å²) in [6.45, 7) is 4.41. The SMILES string of the molecule is CC(C)Cc1ccc(-c2ccc(C=O)nn2)cc1. The quantitative estimate of drug-likeness (QED) is 0.771. The zero-order chi connectivity index (χ0) is 13.0. The second kappa shape index (κ2) is 5.54. The minimum atomic E-state index is 0.357. The molecule has 18 heavy (non-hydrogen) atoms. The van der Waals surface area contributed by atoms with Crippen LogP contribution in [0.1, 0.15) is 29.9 Å². The fourth-order valence-electron chi connectivity index (χ4n) is 1.84. The molecule has 0 unspecified atom stereocenters. The number of nitrogens with zero attached hydrogens (tertiary/aromatic N) is 2. The third-order valence-corrected chi connectivity index (χ3v) is 2.70. The number of carbonyl (C=O) groups is 1. The Hall–Kier alpha value is -2.03. The van der Waals surface area contributed by atoms with E-state index in [1.807, 2.05) is 18.2 Å². The van der Waals surface area contributed by atoms with Crippen LogP contribution in [-0.2, 0) is 6.42 Å². The first-order chi connectivity index (χ1) is 8.69. The third kappa shape index (κ3) is 3.00. The topological polar surface area (TPSA) is 42.9 Å². The summed E-state index contributed by atoms with van der Waals surface area (Å²) in [6.07, 6.45) is 1.78. The predicted molar refractivity (Wildman–Crippen MR) is 71.4 cm³/mol.